The molecule has 5 nitrogen and oxygen atoms in total. The van der Waals surface area contributed by atoms with Crippen LogP contribution in [0.4, 0.5) is 5.69 Å². The van der Waals surface area contributed by atoms with Crippen LogP contribution in [-0.2, 0) is 10.5 Å². The second-order valence-corrected chi connectivity index (χ2v) is 6.16. The van der Waals surface area contributed by atoms with Crippen molar-refractivity contribution in [1.29, 1.82) is 0 Å². The highest BCUT2D eigenvalue weighted by atomic mass is 32.2. The third-order valence-electron chi connectivity index (χ3n) is 3.52. The van der Waals surface area contributed by atoms with E-state index in [-0.39, 0.29) is 11.8 Å². The average Bonchev–Trinajstić information content (AvgIpc) is 3.10. The fourth-order valence-corrected chi connectivity index (χ4v) is 2.95. The maximum atomic E-state index is 12.2. The van der Waals surface area contributed by atoms with Gasteiger partial charge in [-0.1, -0.05) is 0 Å². The molecule has 1 aromatic carbocycles. The summed E-state index contributed by atoms with van der Waals surface area (Å²) in [6, 6.07) is 10.7. The third-order valence-corrected chi connectivity index (χ3v) is 4.48. The molecule has 1 N–H and O–H groups in total. The van der Waals surface area contributed by atoms with Crippen molar-refractivity contribution in [1.82, 2.24) is 4.90 Å². The van der Waals surface area contributed by atoms with Gasteiger partial charge in [0, 0.05) is 24.3 Å². The Labute approximate surface area is 146 Å². The van der Waals surface area contributed by atoms with Crippen LogP contribution >= 0.6 is 11.8 Å². The Bertz CT molecular complexity index is 649. The summed E-state index contributed by atoms with van der Waals surface area (Å²) in [5, 5.41) is 2.83. The zero-order chi connectivity index (χ0) is 17.4. The van der Waals surface area contributed by atoms with Crippen molar-refractivity contribution in [3.05, 3.63) is 54.0 Å². The highest BCUT2D eigenvalue weighted by Gasteiger charge is 2.12. The summed E-state index contributed by atoms with van der Waals surface area (Å²) in [6.45, 7) is 5.27. The SMILES string of the molecule is CCN(CC)C(=O)c1ccc(NC(=O)CSCc2ccco2)cc1. The zero-order valence-corrected chi connectivity index (χ0v) is 14.8. The summed E-state index contributed by atoms with van der Waals surface area (Å²) in [4.78, 5) is 25.9. The van der Waals surface area contributed by atoms with E-state index >= 15 is 0 Å². The van der Waals surface area contributed by atoms with Crippen LogP contribution in [0.5, 0.6) is 0 Å². The van der Waals surface area contributed by atoms with E-state index in [9.17, 15) is 9.59 Å². The van der Waals surface area contributed by atoms with Gasteiger partial charge >= 0.3 is 0 Å². The second kappa shape index (κ2) is 9.17. The van der Waals surface area contributed by atoms with Gasteiger partial charge in [-0.05, 0) is 50.2 Å². The van der Waals surface area contributed by atoms with Crippen molar-refractivity contribution < 1.29 is 14.0 Å². The lowest BCUT2D eigenvalue weighted by Crippen LogP contribution is -2.30. The molecule has 1 aromatic heterocycles. The minimum absolute atomic E-state index is 0.00637. The molecular weight excluding hydrogens is 324 g/mol. The molecule has 0 aliphatic heterocycles. The molecule has 0 atom stereocenters. The number of benzene rings is 1. The number of amides is 2. The van der Waals surface area contributed by atoms with Crippen molar-refractivity contribution in [2.75, 3.05) is 24.2 Å². The number of rotatable bonds is 8. The molecule has 0 saturated carbocycles. The summed E-state index contributed by atoms with van der Waals surface area (Å²) < 4.78 is 5.22. The largest absolute Gasteiger partial charge is 0.468 e. The molecule has 2 rings (SSSR count). The summed E-state index contributed by atoms with van der Waals surface area (Å²) >= 11 is 1.49. The molecule has 0 bridgehead atoms. The third kappa shape index (κ3) is 5.16. The van der Waals surface area contributed by atoms with E-state index in [1.165, 1.54) is 11.8 Å². The van der Waals surface area contributed by atoms with Crippen molar-refractivity contribution in [3.8, 4) is 0 Å². The van der Waals surface area contributed by atoms with E-state index < -0.39 is 0 Å². The standard InChI is InChI=1S/C18H22N2O3S/c1-3-20(4-2)18(22)14-7-9-15(10-8-14)19-17(21)13-24-12-16-6-5-11-23-16/h5-11H,3-4,12-13H2,1-2H3,(H,19,21). The monoisotopic (exact) mass is 346 g/mol. The number of hydrogen-bond donors (Lipinski definition) is 1. The van der Waals surface area contributed by atoms with Gasteiger partial charge in [0.2, 0.25) is 5.91 Å². The lowest BCUT2D eigenvalue weighted by molar-refractivity contribution is -0.113. The second-order valence-electron chi connectivity index (χ2n) is 5.18. The average molecular weight is 346 g/mol. The first-order chi connectivity index (χ1) is 11.6. The Balaban J connectivity index is 1.82. The molecule has 0 spiro atoms. The van der Waals surface area contributed by atoms with Crippen molar-refractivity contribution >= 4 is 29.3 Å². The number of thioether (sulfide) groups is 1. The van der Waals surface area contributed by atoms with Gasteiger partial charge in [-0.25, -0.2) is 0 Å². The first kappa shape index (κ1) is 18.1. The summed E-state index contributed by atoms with van der Waals surface area (Å²) in [6.07, 6.45) is 1.62. The van der Waals surface area contributed by atoms with Gasteiger partial charge < -0.3 is 14.6 Å². The van der Waals surface area contributed by atoms with Crippen LogP contribution in [-0.4, -0.2) is 35.6 Å². The minimum atomic E-state index is -0.0747. The van der Waals surface area contributed by atoms with Gasteiger partial charge in [0.05, 0.1) is 17.8 Å². The van der Waals surface area contributed by atoms with Crippen LogP contribution in [0.15, 0.2) is 47.1 Å². The molecule has 2 aromatic rings. The molecule has 24 heavy (non-hydrogen) atoms. The van der Waals surface area contributed by atoms with Crippen LogP contribution in [0, 0.1) is 0 Å². The Morgan fingerprint density at radius 2 is 1.83 bits per heavy atom. The number of anilines is 1. The van der Waals surface area contributed by atoms with E-state index in [0.29, 0.717) is 35.8 Å². The topological polar surface area (TPSA) is 62.6 Å². The van der Waals surface area contributed by atoms with Gasteiger partial charge in [0.15, 0.2) is 0 Å². The van der Waals surface area contributed by atoms with Crippen LogP contribution in [0.25, 0.3) is 0 Å². The minimum Gasteiger partial charge on any atom is -0.468 e. The number of nitrogens with zero attached hydrogens (tertiary/aromatic N) is 1. The lowest BCUT2D eigenvalue weighted by atomic mass is 10.2. The quantitative estimate of drug-likeness (QED) is 0.793. The summed E-state index contributed by atoms with van der Waals surface area (Å²) in [7, 11) is 0. The van der Waals surface area contributed by atoms with Crippen LogP contribution in [0.2, 0.25) is 0 Å². The van der Waals surface area contributed by atoms with Gasteiger partial charge in [-0.3, -0.25) is 9.59 Å². The van der Waals surface area contributed by atoms with Crippen molar-refractivity contribution in [2.24, 2.45) is 0 Å². The normalized spacial score (nSPS) is 10.4. The molecule has 0 saturated heterocycles. The lowest BCUT2D eigenvalue weighted by Gasteiger charge is -2.18. The molecule has 6 heteroatoms. The van der Waals surface area contributed by atoms with E-state index in [1.54, 1.807) is 35.4 Å². The maximum absolute atomic E-state index is 12.2. The molecule has 1 heterocycles. The number of nitrogens with one attached hydrogen (secondary N) is 1. The van der Waals surface area contributed by atoms with E-state index in [2.05, 4.69) is 5.32 Å². The Kier molecular flexibility index (Phi) is 6.93. The fourth-order valence-electron chi connectivity index (χ4n) is 2.23. The molecule has 0 aliphatic rings. The van der Waals surface area contributed by atoms with E-state index in [0.717, 1.165) is 5.76 Å². The van der Waals surface area contributed by atoms with E-state index in [4.69, 9.17) is 4.42 Å². The molecule has 0 aliphatic carbocycles. The first-order valence-electron chi connectivity index (χ1n) is 7.93. The molecule has 0 radical (unpaired) electrons. The molecule has 128 valence electrons. The van der Waals surface area contributed by atoms with Crippen molar-refractivity contribution in [2.45, 2.75) is 19.6 Å². The molecule has 2 amide bonds. The van der Waals surface area contributed by atoms with Crippen LogP contribution in [0.3, 0.4) is 0 Å². The number of carbonyl (C=O) groups is 2. The number of carbonyl (C=O) groups excluding carboxylic acids is 2. The van der Waals surface area contributed by atoms with Gasteiger partial charge in [0.1, 0.15) is 5.76 Å². The Morgan fingerprint density at radius 1 is 1.12 bits per heavy atom. The highest BCUT2D eigenvalue weighted by molar-refractivity contribution is 7.99. The first-order valence-corrected chi connectivity index (χ1v) is 9.08. The number of furan rings is 1. The smallest absolute Gasteiger partial charge is 0.253 e. The summed E-state index contributed by atoms with van der Waals surface area (Å²) in [5.74, 6) is 1.80. The maximum Gasteiger partial charge on any atom is 0.253 e. The summed E-state index contributed by atoms with van der Waals surface area (Å²) in [5.41, 5.74) is 1.32. The fraction of sp³-hybridized carbons (Fsp3) is 0.333. The molecular formula is C18H22N2O3S. The van der Waals surface area contributed by atoms with Gasteiger partial charge in [-0.2, -0.15) is 0 Å². The van der Waals surface area contributed by atoms with Crippen molar-refractivity contribution in [3.63, 3.8) is 0 Å². The van der Waals surface area contributed by atoms with Crippen LogP contribution in [0.1, 0.15) is 30.0 Å². The van der Waals surface area contributed by atoms with Gasteiger partial charge in [0.25, 0.3) is 5.91 Å². The van der Waals surface area contributed by atoms with Crippen LogP contribution < -0.4 is 5.32 Å². The Morgan fingerprint density at radius 3 is 2.42 bits per heavy atom. The zero-order valence-electron chi connectivity index (χ0n) is 14.0. The predicted molar refractivity (Wildman–Crippen MR) is 97.2 cm³/mol. The van der Waals surface area contributed by atoms with Gasteiger partial charge in [-0.15, -0.1) is 11.8 Å². The molecule has 0 unspecified atom stereocenters. The predicted octanol–water partition coefficient (Wildman–Crippen LogP) is 3.63. The highest BCUT2D eigenvalue weighted by Crippen LogP contribution is 2.15. The molecule has 0 fully saturated rings. The van der Waals surface area contributed by atoms with E-state index in [1.807, 2.05) is 26.0 Å². The number of hydrogen-bond acceptors (Lipinski definition) is 4. The Hall–Kier alpha value is -2.21.